The van der Waals surface area contributed by atoms with Crippen LogP contribution in [0, 0.1) is 13.8 Å². The van der Waals surface area contributed by atoms with Crippen LogP contribution in [0.1, 0.15) is 11.1 Å². The van der Waals surface area contributed by atoms with Crippen molar-refractivity contribution in [2.24, 2.45) is 4.99 Å². The maximum absolute atomic E-state index is 11.0. The van der Waals surface area contributed by atoms with Crippen LogP contribution in [0.4, 0.5) is 5.69 Å². The monoisotopic (exact) mass is 251 g/mol. The van der Waals surface area contributed by atoms with E-state index < -0.39 is 5.97 Å². The second-order valence-corrected chi connectivity index (χ2v) is 3.66. The molecule has 1 aromatic carbocycles. The summed E-state index contributed by atoms with van der Waals surface area (Å²) < 4.78 is 9.90. The fraction of sp³-hybridized carbons (Fsp3) is 0.333. The number of isothiocyanates is 1. The lowest BCUT2D eigenvalue weighted by molar-refractivity contribution is -0.142. The van der Waals surface area contributed by atoms with Crippen LogP contribution >= 0.6 is 12.2 Å². The number of carbonyl (C=O) groups excluding carboxylic acids is 1. The number of methoxy groups -OCH3 is 1. The van der Waals surface area contributed by atoms with Crippen molar-refractivity contribution in [3.63, 3.8) is 0 Å². The molecule has 0 atom stereocenters. The topological polar surface area (TPSA) is 47.9 Å². The standard InChI is InChI=1S/C12H13NO3S/c1-8-4-10(13-7-17)5-9(2)12(8)16-6-11(14)15-3/h4-5H,6H2,1-3H3. The Morgan fingerprint density at radius 2 is 2.00 bits per heavy atom. The molecule has 0 amide bonds. The van der Waals surface area contributed by atoms with E-state index in [-0.39, 0.29) is 6.61 Å². The van der Waals surface area contributed by atoms with Gasteiger partial charge in [-0.2, -0.15) is 4.99 Å². The van der Waals surface area contributed by atoms with E-state index in [1.54, 1.807) is 0 Å². The van der Waals surface area contributed by atoms with Gasteiger partial charge in [0.2, 0.25) is 0 Å². The number of ether oxygens (including phenoxy) is 2. The van der Waals surface area contributed by atoms with Gasteiger partial charge in [0.25, 0.3) is 0 Å². The summed E-state index contributed by atoms with van der Waals surface area (Å²) in [6.07, 6.45) is 0. The van der Waals surface area contributed by atoms with Gasteiger partial charge >= 0.3 is 5.97 Å². The number of carbonyl (C=O) groups is 1. The number of esters is 1. The molecule has 0 unspecified atom stereocenters. The molecule has 0 fully saturated rings. The molecule has 0 saturated carbocycles. The smallest absolute Gasteiger partial charge is 0.343 e. The number of nitrogens with zero attached hydrogens (tertiary/aromatic N) is 1. The predicted octanol–water partition coefficient (Wildman–Crippen LogP) is 2.59. The van der Waals surface area contributed by atoms with Crippen molar-refractivity contribution >= 4 is 29.0 Å². The van der Waals surface area contributed by atoms with Crippen molar-refractivity contribution in [3.05, 3.63) is 23.3 Å². The lowest BCUT2D eigenvalue weighted by Crippen LogP contribution is -2.13. The maximum atomic E-state index is 11.0. The van der Waals surface area contributed by atoms with E-state index in [0.717, 1.165) is 16.8 Å². The van der Waals surface area contributed by atoms with Crippen LogP contribution in [-0.2, 0) is 9.53 Å². The number of aliphatic imine (C=N–C) groups is 1. The van der Waals surface area contributed by atoms with E-state index in [0.29, 0.717) is 5.75 Å². The summed E-state index contributed by atoms with van der Waals surface area (Å²) in [6.45, 7) is 3.65. The lowest BCUT2D eigenvalue weighted by Gasteiger charge is -2.11. The van der Waals surface area contributed by atoms with Crippen LogP contribution in [-0.4, -0.2) is 24.8 Å². The Labute approximate surface area is 105 Å². The van der Waals surface area contributed by atoms with Crippen molar-refractivity contribution in [1.29, 1.82) is 0 Å². The third kappa shape index (κ3) is 3.66. The van der Waals surface area contributed by atoms with E-state index in [2.05, 4.69) is 27.1 Å². The number of hydrogen-bond acceptors (Lipinski definition) is 5. The van der Waals surface area contributed by atoms with Crippen molar-refractivity contribution in [2.75, 3.05) is 13.7 Å². The van der Waals surface area contributed by atoms with Crippen LogP contribution in [0.25, 0.3) is 0 Å². The molecule has 1 aromatic rings. The van der Waals surface area contributed by atoms with Gasteiger partial charge in [-0.3, -0.25) is 0 Å². The molecular formula is C12H13NO3S. The van der Waals surface area contributed by atoms with Gasteiger partial charge in [-0.15, -0.1) is 0 Å². The summed E-state index contributed by atoms with van der Waals surface area (Å²) >= 11 is 4.55. The zero-order chi connectivity index (χ0) is 12.8. The first-order valence-corrected chi connectivity index (χ1v) is 5.38. The van der Waals surface area contributed by atoms with Crippen molar-refractivity contribution in [3.8, 4) is 5.75 Å². The van der Waals surface area contributed by atoms with Gasteiger partial charge in [-0.1, -0.05) is 0 Å². The highest BCUT2D eigenvalue weighted by molar-refractivity contribution is 7.78. The summed E-state index contributed by atoms with van der Waals surface area (Å²) in [5.41, 5.74) is 2.50. The van der Waals surface area contributed by atoms with E-state index in [9.17, 15) is 4.79 Å². The highest BCUT2D eigenvalue weighted by atomic mass is 32.1. The van der Waals surface area contributed by atoms with Crippen LogP contribution in [0.15, 0.2) is 17.1 Å². The number of thiocarbonyl (C=S) groups is 1. The van der Waals surface area contributed by atoms with E-state index >= 15 is 0 Å². The number of rotatable bonds is 4. The van der Waals surface area contributed by atoms with E-state index in [4.69, 9.17) is 4.74 Å². The number of aryl methyl sites for hydroxylation is 2. The summed E-state index contributed by atoms with van der Waals surface area (Å²) in [6, 6.07) is 3.64. The third-order valence-corrected chi connectivity index (χ3v) is 2.27. The van der Waals surface area contributed by atoms with Gasteiger partial charge in [0, 0.05) is 0 Å². The van der Waals surface area contributed by atoms with Gasteiger partial charge in [-0.05, 0) is 49.3 Å². The van der Waals surface area contributed by atoms with Crippen LogP contribution < -0.4 is 4.74 Å². The molecule has 0 aliphatic carbocycles. The lowest BCUT2D eigenvalue weighted by atomic mass is 10.1. The number of benzene rings is 1. The molecule has 0 radical (unpaired) electrons. The molecule has 0 aromatic heterocycles. The molecule has 0 spiro atoms. The van der Waals surface area contributed by atoms with Crippen LogP contribution in [0.2, 0.25) is 0 Å². The third-order valence-electron chi connectivity index (χ3n) is 2.18. The molecule has 1 rings (SSSR count). The Hall–Kier alpha value is -1.71. The van der Waals surface area contributed by atoms with E-state index in [1.807, 2.05) is 26.0 Å². The van der Waals surface area contributed by atoms with Crippen molar-refractivity contribution < 1.29 is 14.3 Å². The molecule has 0 aliphatic heterocycles. The van der Waals surface area contributed by atoms with Gasteiger partial charge in [-0.25, -0.2) is 4.79 Å². The van der Waals surface area contributed by atoms with E-state index in [1.165, 1.54) is 7.11 Å². The first-order chi connectivity index (χ1) is 8.08. The highest BCUT2D eigenvalue weighted by Crippen LogP contribution is 2.28. The highest BCUT2D eigenvalue weighted by Gasteiger charge is 2.08. The first kappa shape index (κ1) is 13.4. The largest absolute Gasteiger partial charge is 0.481 e. The van der Waals surface area contributed by atoms with Gasteiger partial charge in [0.15, 0.2) is 6.61 Å². The number of hydrogen-bond donors (Lipinski definition) is 0. The molecule has 5 heteroatoms. The molecule has 0 aliphatic rings. The Morgan fingerprint density at radius 1 is 1.41 bits per heavy atom. The Balaban J connectivity index is 2.93. The van der Waals surface area contributed by atoms with Crippen molar-refractivity contribution in [2.45, 2.75) is 13.8 Å². The second-order valence-electron chi connectivity index (χ2n) is 3.48. The fourth-order valence-electron chi connectivity index (χ4n) is 1.46. The molecule has 17 heavy (non-hydrogen) atoms. The molecule has 90 valence electrons. The Morgan fingerprint density at radius 3 is 2.47 bits per heavy atom. The van der Waals surface area contributed by atoms with Crippen LogP contribution in [0.5, 0.6) is 5.75 Å². The van der Waals surface area contributed by atoms with Crippen molar-refractivity contribution in [1.82, 2.24) is 0 Å². The summed E-state index contributed by atoms with van der Waals surface area (Å²) in [5.74, 6) is 0.253. The minimum absolute atomic E-state index is 0.103. The summed E-state index contributed by atoms with van der Waals surface area (Å²) in [7, 11) is 1.32. The van der Waals surface area contributed by atoms with Gasteiger partial charge in [0.05, 0.1) is 18.0 Å². The minimum Gasteiger partial charge on any atom is -0.481 e. The van der Waals surface area contributed by atoms with Gasteiger partial charge < -0.3 is 9.47 Å². The zero-order valence-electron chi connectivity index (χ0n) is 9.94. The summed E-state index contributed by atoms with van der Waals surface area (Å²) in [4.78, 5) is 14.9. The quantitative estimate of drug-likeness (QED) is 0.469. The normalized spacial score (nSPS) is 9.35. The van der Waals surface area contributed by atoms with Crippen LogP contribution in [0.3, 0.4) is 0 Å². The van der Waals surface area contributed by atoms with Gasteiger partial charge in [0.1, 0.15) is 5.75 Å². The first-order valence-electron chi connectivity index (χ1n) is 4.97. The SMILES string of the molecule is COC(=O)COc1c(C)cc(N=C=S)cc1C. The molecule has 0 saturated heterocycles. The molecule has 0 bridgehead atoms. The molecule has 0 N–H and O–H groups in total. The average Bonchev–Trinajstić information content (AvgIpc) is 2.28. The zero-order valence-corrected chi connectivity index (χ0v) is 10.8. The summed E-state index contributed by atoms with van der Waals surface area (Å²) in [5, 5.41) is 2.31. The molecule has 4 nitrogen and oxygen atoms in total. The Kier molecular flexibility index (Phi) is 4.82. The molecular weight excluding hydrogens is 238 g/mol. The molecule has 0 heterocycles. The predicted molar refractivity (Wildman–Crippen MR) is 68.1 cm³/mol. The minimum atomic E-state index is -0.412. The second kappa shape index (κ2) is 6.13. The Bertz CT molecular complexity index is 456. The fourth-order valence-corrected chi connectivity index (χ4v) is 1.57. The average molecular weight is 251 g/mol. The maximum Gasteiger partial charge on any atom is 0.343 e.